The number of hydrogen-bond donors (Lipinski definition) is 3. The van der Waals surface area contributed by atoms with Gasteiger partial charge >= 0.3 is 5.69 Å². The number of anilines is 1. The number of carbonyl (C=O) groups is 1. The van der Waals surface area contributed by atoms with Crippen LogP contribution in [0, 0.1) is 0 Å². The molecular weight excluding hydrogens is 366 g/mol. The number of fused-ring (bicyclic) bond motifs is 1. The summed E-state index contributed by atoms with van der Waals surface area (Å²) in [7, 11) is 0. The molecule has 3 aromatic rings. The summed E-state index contributed by atoms with van der Waals surface area (Å²) in [4.78, 5) is 42.3. The van der Waals surface area contributed by atoms with E-state index in [4.69, 9.17) is 0 Å². The van der Waals surface area contributed by atoms with Crippen LogP contribution in [0.15, 0.2) is 75.5 Å². The molecule has 1 unspecified atom stereocenters. The molecule has 0 amide bonds. The molecule has 1 aromatic heterocycles. The number of nitrogens with one attached hydrogen (secondary N) is 3. The van der Waals surface area contributed by atoms with E-state index in [1.807, 2.05) is 54.6 Å². The van der Waals surface area contributed by atoms with Crippen molar-refractivity contribution in [1.29, 1.82) is 0 Å². The molecule has 2 heterocycles. The molecule has 29 heavy (non-hydrogen) atoms. The zero-order valence-electron chi connectivity index (χ0n) is 15.6. The lowest BCUT2D eigenvalue weighted by atomic mass is 9.76. The van der Waals surface area contributed by atoms with E-state index in [-0.39, 0.29) is 5.78 Å². The van der Waals surface area contributed by atoms with Crippen molar-refractivity contribution in [3.63, 3.8) is 0 Å². The van der Waals surface area contributed by atoms with Gasteiger partial charge in [-0.3, -0.25) is 19.6 Å². The maximum Gasteiger partial charge on any atom is 0.327 e. The lowest BCUT2D eigenvalue weighted by molar-refractivity contribution is -0.116. The van der Waals surface area contributed by atoms with Crippen molar-refractivity contribution in [1.82, 2.24) is 9.97 Å². The van der Waals surface area contributed by atoms with Crippen LogP contribution in [0.4, 0.5) is 5.82 Å². The van der Waals surface area contributed by atoms with Gasteiger partial charge in [-0.05, 0) is 29.5 Å². The molecule has 0 spiro atoms. The second-order valence-corrected chi connectivity index (χ2v) is 7.41. The minimum Gasteiger partial charge on any atom is -0.344 e. The van der Waals surface area contributed by atoms with Crippen LogP contribution in [0.5, 0.6) is 0 Å². The number of aromatic amines is 2. The molecule has 3 N–H and O–H groups in total. The highest BCUT2D eigenvalue weighted by Gasteiger charge is 2.37. The Balaban J connectivity index is 1.68. The summed E-state index contributed by atoms with van der Waals surface area (Å²) in [6.45, 7) is 0. The molecule has 1 atom stereocenters. The molecule has 2 aliphatic rings. The van der Waals surface area contributed by atoms with Gasteiger partial charge in [-0.2, -0.15) is 0 Å². The van der Waals surface area contributed by atoms with E-state index in [9.17, 15) is 14.4 Å². The smallest absolute Gasteiger partial charge is 0.327 e. The summed E-state index contributed by atoms with van der Waals surface area (Å²) < 4.78 is 0. The van der Waals surface area contributed by atoms with Gasteiger partial charge in [0.25, 0.3) is 5.56 Å². The van der Waals surface area contributed by atoms with Gasteiger partial charge in [0, 0.05) is 23.6 Å². The molecule has 0 radical (unpaired) electrons. The molecule has 0 saturated carbocycles. The zero-order chi connectivity index (χ0) is 20.0. The van der Waals surface area contributed by atoms with Crippen LogP contribution in [0.2, 0.25) is 0 Å². The molecule has 0 bridgehead atoms. The highest BCUT2D eigenvalue weighted by molar-refractivity contribution is 6.00. The maximum atomic E-state index is 12.8. The lowest BCUT2D eigenvalue weighted by Gasteiger charge is -2.32. The number of Topliss-reactive ketones (excluding diaryl/α,β-unsaturated/α-hetero) is 1. The lowest BCUT2D eigenvalue weighted by Crippen LogP contribution is -2.36. The van der Waals surface area contributed by atoms with Gasteiger partial charge in [-0.25, -0.2) is 4.79 Å². The van der Waals surface area contributed by atoms with E-state index in [2.05, 4.69) is 15.3 Å². The first-order valence-electron chi connectivity index (χ1n) is 9.67. The van der Waals surface area contributed by atoms with Crippen LogP contribution < -0.4 is 16.6 Å². The Labute approximate surface area is 166 Å². The number of ketones is 1. The van der Waals surface area contributed by atoms with E-state index in [1.165, 1.54) is 0 Å². The third kappa shape index (κ3) is 2.93. The Kier molecular flexibility index (Phi) is 4.05. The third-order valence-corrected chi connectivity index (χ3v) is 5.64. The highest BCUT2D eigenvalue weighted by atomic mass is 16.2. The average Bonchev–Trinajstić information content (AvgIpc) is 2.73. The molecular formula is C23H19N3O3. The van der Waals surface area contributed by atoms with Gasteiger partial charge in [-0.1, -0.05) is 54.6 Å². The van der Waals surface area contributed by atoms with Crippen molar-refractivity contribution < 1.29 is 4.79 Å². The van der Waals surface area contributed by atoms with E-state index < -0.39 is 17.2 Å². The maximum absolute atomic E-state index is 12.8. The van der Waals surface area contributed by atoms with E-state index in [0.717, 1.165) is 28.8 Å². The molecule has 0 fully saturated rings. The number of allylic oxidation sites excluding steroid dienone is 2. The third-order valence-electron chi connectivity index (χ3n) is 5.64. The summed E-state index contributed by atoms with van der Waals surface area (Å²) in [6, 6.07) is 17.9. The summed E-state index contributed by atoms with van der Waals surface area (Å²) in [5.74, 6) is -0.0732. The van der Waals surface area contributed by atoms with Gasteiger partial charge in [0.1, 0.15) is 5.82 Å². The molecule has 144 valence electrons. The average molecular weight is 385 g/mol. The molecule has 6 heteroatoms. The molecule has 1 aliphatic carbocycles. The van der Waals surface area contributed by atoms with Crippen LogP contribution in [-0.4, -0.2) is 15.8 Å². The van der Waals surface area contributed by atoms with E-state index >= 15 is 0 Å². The summed E-state index contributed by atoms with van der Waals surface area (Å²) >= 11 is 0. The second kappa shape index (κ2) is 6.74. The summed E-state index contributed by atoms with van der Waals surface area (Å²) in [5, 5.41) is 3.13. The van der Waals surface area contributed by atoms with E-state index in [0.29, 0.717) is 29.8 Å². The van der Waals surface area contributed by atoms with Gasteiger partial charge < -0.3 is 5.32 Å². The van der Waals surface area contributed by atoms with Crippen LogP contribution in [0.3, 0.4) is 0 Å². The van der Waals surface area contributed by atoms with Crippen molar-refractivity contribution in [3.05, 3.63) is 97.8 Å². The first-order chi connectivity index (χ1) is 14.1. The van der Waals surface area contributed by atoms with Crippen molar-refractivity contribution in [2.75, 3.05) is 5.32 Å². The van der Waals surface area contributed by atoms with Crippen molar-refractivity contribution in [2.24, 2.45) is 0 Å². The number of H-pyrrole nitrogens is 2. The first kappa shape index (κ1) is 17.4. The molecule has 6 nitrogen and oxygen atoms in total. The topological polar surface area (TPSA) is 94.8 Å². The van der Waals surface area contributed by atoms with Crippen molar-refractivity contribution in [2.45, 2.75) is 25.2 Å². The monoisotopic (exact) mass is 385 g/mol. The zero-order valence-corrected chi connectivity index (χ0v) is 15.6. The SMILES string of the molecule is O=C1CCCC2=C1C(c1ccc(-c3ccccc3)cc1)c1c([nH]c(=O)[nH]c1=O)N2. The van der Waals surface area contributed by atoms with E-state index in [1.54, 1.807) is 0 Å². The first-order valence-corrected chi connectivity index (χ1v) is 9.67. The van der Waals surface area contributed by atoms with Crippen LogP contribution in [0.1, 0.15) is 36.3 Å². The summed E-state index contributed by atoms with van der Waals surface area (Å²) in [5.41, 5.74) is 3.78. The molecule has 2 aromatic carbocycles. The number of carbonyl (C=O) groups excluding carboxylic acids is 1. The Morgan fingerprint density at radius 3 is 2.28 bits per heavy atom. The normalized spacial score (nSPS) is 18.1. The van der Waals surface area contributed by atoms with Crippen molar-refractivity contribution >= 4 is 11.6 Å². The molecule has 1 aliphatic heterocycles. The standard InChI is InChI=1S/C23H19N3O3/c27-17-8-4-7-16-19(17)18(20-21(24-16)25-23(29)26-22(20)28)15-11-9-14(10-12-15)13-5-2-1-3-6-13/h1-3,5-6,9-12,18H,4,7-8H2,(H3,24,25,26,28,29). The van der Waals surface area contributed by atoms with Gasteiger partial charge in [0.15, 0.2) is 5.78 Å². The quantitative estimate of drug-likeness (QED) is 0.631. The number of hydrogen-bond acceptors (Lipinski definition) is 4. The Hall–Kier alpha value is -3.67. The minimum absolute atomic E-state index is 0.0483. The van der Waals surface area contributed by atoms with Crippen LogP contribution in [0.25, 0.3) is 11.1 Å². The number of benzene rings is 2. The predicted molar refractivity (Wildman–Crippen MR) is 111 cm³/mol. The highest BCUT2D eigenvalue weighted by Crippen LogP contribution is 2.43. The van der Waals surface area contributed by atoms with Gasteiger partial charge in [0.05, 0.1) is 5.56 Å². The van der Waals surface area contributed by atoms with Gasteiger partial charge in [-0.15, -0.1) is 0 Å². The fourth-order valence-electron chi connectivity index (χ4n) is 4.33. The number of rotatable bonds is 2. The van der Waals surface area contributed by atoms with Crippen LogP contribution >= 0.6 is 0 Å². The Bertz CT molecular complexity index is 1250. The fourth-order valence-corrected chi connectivity index (χ4v) is 4.33. The minimum atomic E-state index is -0.564. The van der Waals surface area contributed by atoms with Gasteiger partial charge in [0.2, 0.25) is 0 Å². The number of aromatic nitrogens is 2. The van der Waals surface area contributed by atoms with Crippen LogP contribution in [-0.2, 0) is 4.79 Å². The molecule has 0 saturated heterocycles. The predicted octanol–water partition coefficient (Wildman–Crippen LogP) is 3.29. The van der Waals surface area contributed by atoms with Crippen molar-refractivity contribution in [3.8, 4) is 11.1 Å². The largest absolute Gasteiger partial charge is 0.344 e. The summed E-state index contributed by atoms with van der Waals surface area (Å²) in [6.07, 6.45) is 1.94. The second-order valence-electron chi connectivity index (χ2n) is 7.41. The fraction of sp³-hybridized carbons (Fsp3) is 0.174. The molecule has 5 rings (SSSR count). The Morgan fingerprint density at radius 1 is 0.793 bits per heavy atom. The Morgan fingerprint density at radius 2 is 1.52 bits per heavy atom.